The Balaban J connectivity index is 2.19. The predicted molar refractivity (Wildman–Crippen MR) is 54.6 cm³/mol. The molecule has 0 spiro atoms. The van der Waals surface area contributed by atoms with Crippen LogP contribution in [0.5, 0.6) is 5.19 Å². The lowest BCUT2D eigenvalue weighted by Gasteiger charge is -2.31. The summed E-state index contributed by atoms with van der Waals surface area (Å²) >= 11 is 1.50. The summed E-state index contributed by atoms with van der Waals surface area (Å²) in [6.07, 6.45) is 3.76. The SMILES string of the molecule is COc1ncc(C2(N)CCCOC2)s1. The van der Waals surface area contributed by atoms with Crippen molar-refractivity contribution in [3.8, 4) is 5.19 Å². The van der Waals surface area contributed by atoms with Crippen molar-refractivity contribution in [2.45, 2.75) is 18.4 Å². The van der Waals surface area contributed by atoms with Gasteiger partial charge in [0.25, 0.3) is 5.19 Å². The number of methoxy groups -OCH3 is 1. The van der Waals surface area contributed by atoms with E-state index in [9.17, 15) is 0 Å². The van der Waals surface area contributed by atoms with Gasteiger partial charge in [-0.3, -0.25) is 0 Å². The molecule has 0 amide bonds. The normalized spacial score (nSPS) is 27.6. The molecule has 2 N–H and O–H groups in total. The summed E-state index contributed by atoms with van der Waals surface area (Å²) < 4.78 is 10.4. The molecule has 1 aliphatic rings. The Morgan fingerprint density at radius 2 is 2.57 bits per heavy atom. The van der Waals surface area contributed by atoms with Gasteiger partial charge in [-0.2, -0.15) is 0 Å². The molecule has 1 atom stereocenters. The number of hydrogen-bond acceptors (Lipinski definition) is 5. The molecule has 1 aromatic rings. The van der Waals surface area contributed by atoms with E-state index in [1.165, 1.54) is 11.3 Å². The van der Waals surface area contributed by atoms with Gasteiger partial charge in [-0.05, 0) is 12.8 Å². The molecule has 0 bridgehead atoms. The summed E-state index contributed by atoms with van der Waals surface area (Å²) in [5.41, 5.74) is 5.88. The fourth-order valence-electron chi connectivity index (χ4n) is 1.59. The second kappa shape index (κ2) is 3.84. The van der Waals surface area contributed by atoms with Crippen LogP contribution in [0.2, 0.25) is 0 Å². The van der Waals surface area contributed by atoms with Crippen LogP contribution < -0.4 is 10.5 Å². The maximum Gasteiger partial charge on any atom is 0.273 e. The Hall–Kier alpha value is -0.650. The van der Waals surface area contributed by atoms with Gasteiger partial charge in [0.1, 0.15) is 0 Å². The third kappa shape index (κ3) is 1.75. The molecule has 78 valence electrons. The second-order valence-electron chi connectivity index (χ2n) is 3.51. The average Bonchev–Trinajstić information content (AvgIpc) is 2.67. The van der Waals surface area contributed by atoms with E-state index in [4.69, 9.17) is 15.2 Å². The predicted octanol–water partition coefficient (Wildman–Crippen LogP) is 1.12. The monoisotopic (exact) mass is 214 g/mol. The highest BCUT2D eigenvalue weighted by Crippen LogP contribution is 2.33. The minimum absolute atomic E-state index is 0.354. The number of nitrogens with two attached hydrogens (primary N) is 1. The molecule has 0 radical (unpaired) electrons. The van der Waals surface area contributed by atoms with Crippen LogP contribution in [-0.2, 0) is 10.3 Å². The number of aromatic nitrogens is 1. The van der Waals surface area contributed by atoms with E-state index in [1.54, 1.807) is 13.3 Å². The lowest BCUT2D eigenvalue weighted by atomic mass is 9.93. The Bertz CT molecular complexity index is 308. The van der Waals surface area contributed by atoms with Gasteiger partial charge in [0.15, 0.2) is 0 Å². The molecule has 1 unspecified atom stereocenters. The smallest absolute Gasteiger partial charge is 0.273 e. The van der Waals surface area contributed by atoms with E-state index >= 15 is 0 Å². The molecule has 0 aromatic carbocycles. The van der Waals surface area contributed by atoms with Crippen molar-refractivity contribution in [1.29, 1.82) is 0 Å². The highest BCUT2D eigenvalue weighted by molar-refractivity contribution is 7.13. The number of ether oxygens (including phenoxy) is 2. The van der Waals surface area contributed by atoms with Crippen LogP contribution in [0.1, 0.15) is 17.7 Å². The van der Waals surface area contributed by atoms with Crippen LogP contribution in [0.4, 0.5) is 0 Å². The molecule has 4 nitrogen and oxygen atoms in total. The van der Waals surface area contributed by atoms with E-state index in [1.807, 2.05) is 0 Å². The van der Waals surface area contributed by atoms with Crippen LogP contribution >= 0.6 is 11.3 Å². The molecule has 1 aliphatic heterocycles. The summed E-state index contributed by atoms with van der Waals surface area (Å²) in [4.78, 5) is 5.17. The van der Waals surface area contributed by atoms with Crippen molar-refractivity contribution in [3.63, 3.8) is 0 Å². The lowest BCUT2D eigenvalue weighted by Crippen LogP contribution is -2.43. The molecule has 14 heavy (non-hydrogen) atoms. The molecule has 5 heteroatoms. The van der Waals surface area contributed by atoms with Gasteiger partial charge in [-0.15, -0.1) is 0 Å². The van der Waals surface area contributed by atoms with Gasteiger partial charge in [-0.25, -0.2) is 4.98 Å². The number of rotatable bonds is 2. The Labute approximate surface area is 87.0 Å². The topological polar surface area (TPSA) is 57.4 Å². The van der Waals surface area contributed by atoms with E-state index in [-0.39, 0.29) is 5.54 Å². The van der Waals surface area contributed by atoms with Crippen LogP contribution in [0.15, 0.2) is 6.20 Å². The lowest BCUT2D eigenvalue weighted by molar-refractivity contribution is 0.0381. The Morgan fingerprint density at radius 1 is 1.71 bits per heavy atom. The van der Waals surface area contributed by atoms with Crippen molar-refractivity contribution in [2.24, 2.45) is 5.73 Å². The number of thiazole rings is 1. The summed E-state index contributed by atoms with van der Waals surface area (Å²) in [6, 6.07) is 0. The van der Waals surface area contributed by atoms with Crippen molar-refractivity contribution in [3.05, 3.63) is 11.1 Å². The maximum absolute atomic E-state index is 6.24. The van der Waals surface area contributed by atoms with Crippen molar-refractivity contribution in [2.75, 3.05) is 20.3 Å². The molecule has 0 aliphatic carbocycles. The van der Waals surface area contributed by atoms with Gasteiger partial charge in [0.2, 0.25) is 0 Å². The quantitative estimate of drug-likeness (QED) is 0.801. The fourth-order valence-corrected chi connectivity index (χ4v) is 2.44. The zero-order chi connectivity index (χ0) is 10.0. The first-order valence-electron chi connectivity index (χ1n) is 4.61. The van der Waals surface area contributed by atoms with Crippen molar-refractivity contribution in [1.82, 2.24) is 4.98 Å². The van der Waals surface area contributed by atoms with Gasteiger partial charge in [-0.1, -0.05) is 11.3 Å². The minimum Gasteiger partial charge on any atom is -0.473 e. The zero-order valence-corrected chi connectivity index (χ0v) is 8.97. The highest BCUT2D eigenvalue weighted by atomic mass is 32.1. The summed E-state index contributed by atoms with van der Waals surface area (Å²) in [5, 5.41) is 0.662. The van der Waals surface area contributed by atoms with Crippen molar-refractivity contribution >= 4 is 11.3 Å². The first kappa shape index (κ1) is 9.89. The van der Waals surface area contributed by atoms with Gasteiger partial charge >= 0.3 is 0 Å². The molecular weight excluding hydrogens is 200 g/mol. The van der Waals surface area contributed by atoms with Crippen LogP contribution in [-0.4, -0.2) is 25.3 Å². The van der Waals surface area contributed by atoms with Gasteiger partial charge < -0.3 is 15.2 Å². The summed E-state index contributed by atoms with van der Waals surface area (Å²) in [5.74, 6) is 0. The fraction of sp³-hybridized carbons (Fsp3) is 0.667. The van der Waals surface area contributed by atoms with Gasteiger partial charge in [0.05, 0.1) is 24.1 Å². The largest absolute Gasteiger partial charge is 0.473 e. The van der Waals surface area contributed by atoms with E-state index in [0.29, 0.717) is 11.8 Å². The molecular formula is C9H14N2O2S. The summed E-state index contributed by atoms with van der Waals surface area (Å²) in [7, 11) is 1.61. The second-order valence-corrected chi connectivity index (χ2v) is 4.50. The first-order valence-corrected chi connectivity index (χ1v) is 5.43. The highest BCUT2D eigenvalue weighted by Gasteiger charge is 2.32. The van der Waals surface area contributed by atoms with E-state index < -0.39 is 0 Å². The third-order valence-electron chi connectivity index (χ3n) is 2.42. The molecule has 1 saturated heterocycles. The third-order valence-corrected chi connectivity index (χ3v) is 3.60. The summed E-state index contributed by atoms with van der Waals surface area (Å²) in [6.45, 7) is 1.40. The number of hydrogen-bond donors (Lipinski definition) is 1. The van der Waals surface area contributed by atoms with Crippen LogP contribution in [0.25, 0.3) is 0 Å². The molecule has 1 fully saturated rings. The first-order chi connectivity index (χ1) is 6.74. The minimum atomic E-state index is -0.354. The average molecular weight is 214 g/mol. The number of nitrogens with zero attached hydrogens (tertiary/aromatic N) is 1. The Morgan fingerprint density at radius 3 is 3.14 bits per heavy atom. The molecule has 1 aromatic heterocycles. The Kier molecular flexibility index (Phi) is 2.71. The maximum atomic E-state index is 6.24. The zero-order valence-electron chi connectivity index (χ0n) is 8.16. The molecule has 2 rings (SSSR count). The molecule has 2 heterocycles. The standard InChI is InChI=1S/C9H14N2O2S/c1-12-8-11-5-7(14-8)9(10)3-2-4-13-6-9/h5H,2-4,6,10H2,1H3. The molecule has 0 saturated carbocycles. The van der Waals surface area contributed by atoms with E-state index in [0.717, 1.165) is 24.3 Å². The van der Waals surface area contributed by atoms with Crippen molar-refractivity contribution < 1.29 is 9.47 Å². The van der Waals surface area contributed by atoms with E-state index in [2.05, 4.69) is 4.98 Å². The van der Waals surface area contributed by atoms with Crippen LogP contribution in [0.3, 0.4) is 0 Å². The van der Waals surface area contributed by atoms with Crippen LogP contribution in [0, 0.1) is 0 Å². The van der Waals surface area contributed by atoms with Gasteiger partial charge in [0, 0.05) is 12.8 Å².